The fourth-order valence-corrected chi connectivity index (χ4v) is 3.48. The molecule has 27 heavy (non-hydrogen) atoms. The Hall–Kier alpha value is -3.21. The number of hydrogen-bond donors (Lipinski definition) is 0. The maximum atomic E-state index is 13.4. The predicted molar refractivity (Wildman–Crippen MR) is 99.5 cm³/mol. The number of carbonyl (C=O) groups is 1. The largest absolute Gasteiger partial charge is 0.444 e. The van der Waals surface area contributed by atoms with Gasteiger partial charge in [-0.05, 0) is 41.3 Å². The SMILES string of the molecule is O=C(OCc1cccnc1)N1CCc2ccccc2[C@@H]1c1ccc(F)cc1. The number of pyridine rings is 1. The Morgan fingerprint density at radius 1 is 1.11 bits per heavy atom. The van der Waals surface area contributed by atoms with E-state index >= 15 is 0 Å². The highest BCUT2D eigenvalue weighted by atomic mass is 19.1. The molecule has 1 aromatic heterocycles. The summed E-state index contributed by atoms with van der Waals surface area (Å²) in [6, 6.07) is 17.7. The zero-order valence-corrected chi connectivity index (χ0v) is 14.7. The van der Waals surface area contributed by atoms with E-state index in [1.54, 1.807) is 29.4 Å². The molecule has 1 aliphatic heterocycles. The van der Waals surface area contributed by atoms with E-state index in [1.165, 1.54) is 17.7 Å². The van der Waals surface area contributed by atoms with Crippen LogP contribution >= 0.6 is 0 Å². The lowest BCUT2D eigenvalue weighted by Crippen LogP contribution is -2.40. The van der Waals surface area contributed by atoms with Gasteiger partial charge in [-0.25, -0.2) is 9.18 Å². The van der Waals surface area contributed by atoms with Gasteiger partial charge >= 0.3 is 6.09 Å². The van der Waals surface area contributed by atoms with E-state index in [-0.39, 0.29) is 24.6 Å². The van der Waals surface area contributed by atoms with E-state index in [0.717, 1.165) is 23.1 Å². The summed E-state index contributed by atoms with van der Waals surface area (Å²) in [4.78, 5) is 18.6. The van der Waals surface area contributed by atoms with Gasteiger partial charge in [0.1, 0.15) is 12.4 Å². The number of ether oxygens (including phenoxy) is 1. The lowest BCUT2D eigenvalue weighted by atomic mass is 9.88. The van der Waals surface area contributed by atoms with Crippen LogP contribution in [0.4, 0.5) is 9.18 Å². The van der Waals surface area contributed by atoms with Crippen molar-refractivity contribution in [2.45, 2.75) is 19.1 Å². The molecule has 0 radical (unpaired) electrons. The van der Waals surface area contributed by atoms with Crippen LogP contribution in [0.15, 0.2) is 73.1 Å². The second kappa shape index (κ2) is 7.58. The monoisotopic (exact) mass is 362 g/mol. The molecule has 1 amide bonds. The molecule has 0 unspecified atom stereocenters. The molecule has 0 fully saturated rings. The Labute approximate surface area is 157 Å². The van der Waals surface area contributed by atoms with Crippen LogP contribution in [0.3, 0.4) is 0 Å². The molecule has 4 rings (SSSR count). The third kappa shape index (κ3) is 3.67. The van der Waals surface area contributed by atoms with Crippen LogP contribution in [-0.4, -0.2) is 22.5 Å². The van der Waals surface area contributed by atoms with Crippen molar-refractivity contribution in [1.82, 2.24) is 9.88 Å². The summed E-state index contributed by atoms with van der Waals surface area (Å²) >= 11 is 0. The average molecular weight is 362 g/mol. The van der Waals surface area contributed by atoms with Crippen molar-refractivity contribution >= 4 is 6.09 Å². The smallest absolute Gasteiger partial charge is 0.410 e. The third-order valence-corrected chi connectivity index (χ3v) is 4.79. The van der Waals surface area contributed by atoms with E-state index in [2.05, 4.69) is 11.1 Å². The Morgan fingerprint density at radius 2 is 1.93 bits per heavy atom. The normalized spacial score (nSPS) is 15.9. The fourth-order valence-electron chi connectivity index (χ4n) is 3.48. The summed E-state index contributed by atoms with van der Waals surface area (Å²) in [6.45, 7) is 0.714. The van der Waals surface area contributed by atoms with Crippen molar-refractivity contribution in [1.29, 1.82) is 0 Å². The number of nitrogens with zero attached hydrogens (tertiary/aromatic N) is 2. The molecule has 2 heterocycles. The van der Waals surface area contributed by atoms with E-state index in [4.69, 9.17) is 4.74 Å². The van der Waals surface area contributed by atoms with Crippen LogP contribution in [0, 0.1) is 5.82 Å². The van der Waals surface area contributed by atoms with Gasteiger partial charge in [0.05, 0.1) is 6.04 Å². The maximum Gasteiger partial charge on any atom is 0.410 e. The van der Waals surface area contributed by atoms with E-state index in [1.807, 2.05) is 30.3 Å². The zero-order chi connectivity index (χ0) is 18.6. The minimum Gasteiger partial charge on any atom is -0.444 e. The molecule has 0 saturated heterocycles. The first-order chi connectivity index (χ1) is 13.2. The minimum atomic E-state index is -0.386. The highest BCUT2D eigenvalue weighted by Crippen LogP contribution is 2.35. The minimum absolute atomic E-state index is 0.168. The summed E-state index contributed by atoms with van der Waals surface area (Å²) in [5, 5.41) is 0. The molecule has 2 aromatic carbocycles. The van der Waals surface area contributed by atoms with Gasteiger partial charge < -0.3 is 4.74 Å². The van der Waals surface area contributed by atoms with Crippen molar-refractivity contribution in [2.24, 2.45) is 0 Å². The molecule has 4 nitrogen and oxygen atoms in total. The Morgan fingerprint density at radius 3 is 2.70 bits per heavy atom. The second-order valence-electron chi connectivity index (χ2n) is 6.51. The fraction of sp³-hybridized carbons (Fsp3) is 0.182. The van der Waals surface area contributed by atoms with Crippen LogP contribution in [-0.2, 0) is 17.8 Å². The summed E-state index contributed by atoms with van der Waals surface area (Å²) in [7, 11) is 0. The number of aromatic nitrogens is 1. The molecule has 0 saturated carbocycles. The number of halogens is 1. The lowest BCUT2D eigenvalue weighted by molar-refractivity contribution is 0.0836. The highest BCUT2D eigenvalue weighted by molar-refractivity contribution is 5.70. The molecule has 0 aliphatic carbocycles. The van der Waals surface area contributed by atoms with Crippen LogP contribution in [0.1, 0.15) is 28.3 Å². The summed E-state index contributed by atoms with van der Waals surface area (Å²) in [6.07, 6.45) is 3.73. The Kier molecular flexibility index (Phi) is 4.83. The maximum absolute atomic E-state index is 13.4. The van der Waals surface area contributed by atoms with Crippen molar-refractivity contribution < 1.29 is 13.9 Å². The van der Waals surface area contributed by atoms with Crippen molar-refractivity contribution in [3.05, 3.63) is 101 Å². The third-order valence-electron chi connectivity index (χ3n) is 4.79. The highest BCUT2D eigenvalue weighted by Gasteiger charge is 2.32. The Bertz CT molecular complexity index is 929. The number of benzene rings is 2. The first-order valence-electron chi connectivity index (χ1n) is 8.88. The molecule has 0 bridgehead atoms. The summed E-state index contributed by atoms with van der Waals surface area (Å²) in [5.74, 6) is -0.298. The molecule has 0 spiro atoms. The number of hydrogen-bond acceptors (Lipinski definition) is 3. The lowest BCUT2D eigenvalue weighted by Gasteiger charge is -2.37. The number of rotatable bonds is 3. The van der Waals surface area contributed by atoms with Gasteiger partial charge in [0, 0.05) is 24.5 Å². The standard InChI is InChI=1S/C22H19FN2O2/c23-19-9-7-18(8-10-19)21-20-6-2-1-5-17(20)11-13-25(21)22(26)27-15-16-4-3-12-24-14-16/h1-10,12,14,21H,11,13,15H2/t21-/m0/s1. The summed E-state index contributed by atoms with van der Waals surface area (Å²) in [5.41, 5.74) is 3.94. The number of fused-ring (bicyclic) bond motifs is 1. The van der Waals surface area contributed by atoms with E-state index in [9.17, 15) is 9.18 Å². The van der Waals surface area contributed by atoms with Crippen LogP contribution in [0.2, 0.25) is 0 Å². The average Bonchev–Trinajstić information content (AvgIpc) is 2.72. The first-order valence-corrected chi connectivity index (χ1v) is 8.88. The molecule has 1 atom stereocenters. The van der Waals surface area contributed by atoms with Gasteiger partial charge in [-0.2, -0.15) is 0 Å². The van der Waals surface area contributed by atoms with Gasteiger partial charge in [-0.15, -0.1) is 0 Å². The van der Waals surface area contributed by atoms with Crippen LogP contribution in [0.25, 0.3) is 0 Å². The molecule has 5 heteroatoms. The van der Waals surface area contributed by atoms with Gasteiger partial charge in [0.2, 0.25) is 0 Å². The molecule has 1 aliphatic rings. The van der Waals surface area contributed by atoms with E-state index in [0.29, 0.717) is 6.54 Å². The van der Waals surface area contributed by atoms with Crippen molar-refractivity contribution in [3.63, 3.8) is 0 Å². The van der Waals surface area contributed by atoms with Crippen molar-refractivity contribution in [2.75, 3.05) is 6.54 Å². The molecular formula is C22H19FN2O2. The molecule has 0 N–H and O–H groups in total. The molecular weight excluding hydrogens is 343 g/mol. The topological polar surface area (TPSA) is 42.4 Å². The first kappa shape index (κ1) is 17.2. The quantitative estimate of drug-likeness (QED) is 0.689. The summed E-state index contributed by atoms with van der Waals surface area (Å²) < 4.78 is 18.9. The molecule has 3 aromatic rings. The van der Waals surface area contributed by atoms with Gasteiger partial charge in [0.25, 0.3) is 0 Å². The predicted octanol–water partition coefficient (Wildman–Crippen LogP) is 4.51. The second-order valence-corrected chi connectivity index (χ2v) is 6.51. The van der Waals surface area contributed by atoms with Crippen LogP contribution in [0.5, 0.6) is 0 Å². The Balaban J connectivity index is 1.62. The van der Waals surface area contributed by atoms with Crippen molar-refractivity contribution in [3.8, 4) is 0 Å². The number of carbonyl (C=O) groups excluding carboxylic acids is 1. The number of amides is 1. The van der Waals surface area contributed by atoms with Gasteiger partial charge in [0.15, 0.2) is 0 Å². The van der Waals surface area contributed by atoms with E-state index < -0.39 is 0 Å². The van der Waals surface area contributed by atoms with Gasteiger partial charge in [-0.1, -0.05) is 42.5 Å². The molecule has 136 valence electrons. The van der Waals surface area contributed by atoms with Gasteiger partial charge in [-0.3, -0.25) is 9.88 Å². The zero-order valence-electron chi connectivity index (χ0n) is 14.7. The van der Waals surface area contributed by atoms with Crippen LogP contribution < -0.4 is 0 Å².